The van der Waals surface area contributed by atoms with Crippen LogP contribution in [0.15, 0.2) is 10.6 Å². The van der Waals surface area contributed by atoms with Gasteiger partial charge in [-0.25, -0.2) is 0 Å². The number of ether oxygens (including phenoxy) is 4. The molecule has 3 fully saturated rings. The maximum Gasteiger partial charge on any atom is 0.287 e. The van der Waals surface area contributed by atoms with E-state index in [-0.39, 0.29) is 29.1 Å². The van der Waals surface area contributed by atoms with Crippen LogP contribution in [0.3, 0.4) is 0 Å². The van der Waals surface area contributed by atoms with Crippen molar-refractivity contribution >= 4 is 5.91 Å². The van der Waals surface area contributed by atoms with E-state index in [1.54, 1.807) is 0 Å². The van der Waals surface area contributed by atoms with Crippen LogP contribution in [0.4, 0.5) is 0 Å². The van der Waals surface area contributed by atoms with Crippen molar-refractivity contribution in [2.75, 3.05) is 39.6 Å². The van der Waals surface area contributed by atoms with E-state index < -0.39 is 0 Å². The van der Waals surface area contributed by atoms with Gasteiger partial charge in [-0.2, -0.15) is 5.10 Å². The minimum absolute atomic E-state index is 0.00692. The average Bonchev–Trinajstić information content (AvgIpc) is 3.31. The van der Waals surface area contributed by atoms with Crippen molar-refractivity contribution in [2.24, 2.45) is 0 Å². The smallest absolute Gasteiger partial charge is 0.287 e. The van der Waals surface area contributed by atoms with Crippen molar-refractivity contribution in [3.8, 4) is 11.3 Å². The summed E-state index contributed by atoms with van der Waals surface area (Å²) in [5.74, 6) is 1.01. The molecule has 1 amide bonds. The topological polar surface area (TPSA) is 97.0 Å². The van der Waals surface area contributed by atoms with Gasteiger partial charge < -0.3 is 28.7 Å². The van der Waals surface area contributed by atoms with Crippen LogP contribution in [0.1, 0.15) is 54.1 Å². The van der Waals surface area contributed by atoms with Gasteiger partial charge in [0.05, 0.1) is 57.0 Å². The average molecular weight is 472 g/mol. The maximum absolute atomic E-state index is 13.1. The molecule has 1 unspecified atom stereocenters. The van der Waals surface area contributed by atoms with Gasteiger partial charge in [-0.15, -0.1) is 0 Å². The third-order valence-electron chi connectivity index (χ3n) is 7.35. The predicted molar refractivity (Wildman–Crippen MR) is 122 cm³/mol. The second-order valence-electron chi connectivity index (χ2n) is 10.7. The molecule has 6 rings (SSSR count). The number of fused-ring (bicyclic) bond motifs is 4. The molecule has 1 saturated carbocycles. The van der Waals surface area contributed by atoms with Gasteiger partial charge in [0.2, 0.25) is 0 Å². The Labute approximate surface area is 199 Å². The molecule has 2 aromatic rings. The quantitative estimate of drug-likeness (QED) is 0.715. The summed E-state index contributed by atoms with van der Waals surface area (Å²) in [5, 5.41) is 7.93. The number of aromatic nitrogens is 2. The summed E-state index contributed by atoms with van der Waals surface area (Å²) < 4.78 is 31.2. The second kappa shape index (κ2) is 8.19. The molecule has 1 spiro atoms. The zero-order chi connectivity index (χ0) is 23.5. The standard InChI is InChI=1S/C25H33N3O6/c1-15-20-19(33-22(15)23(29)26-9-16-12-31-14-24(2,3)34-16)8-25(4-5-25)18-11-28(27-21(18)20)10-17-13-30-6-7-32-17/h11,16-17H,4-10,12-14H2,1-3H3,(H,26,29)/t16?,17-/m0/s1. The van der Waals surface area contributed by atoms with E-state index in [9.17, 15) is 4.79 Å². The van der Waals surface area contributed by atoms with Crippen molar-refractivity contribution < 1.29 is 28.2 Å². The molecule has 9 nitrogen and oxygen atoms in total. The van der Waals surface area contributed by atoms with Gasteiger partial charge in [0.1, 0.15) is 11.9 Å². The summed E-state index contributed by atoms with van der Waals surface area (Å²) in [7, 11) is 0. The lowest BCUT2D eigenvalue weighted by molar-refractivity contribution is -0.179. The molecule has 1 N–H and O–H groups in total. The number of carbonyl (C=O) groups is 1. The Hall–Kier alpha value is -2.20. The summed E-state index contributed by atoms with van der Waals surface area (Å²) in [6.07, 6.45) is 5.03. The number of carbonyl (C=O) groups excluding carboxylic acids is 1. The molecule has 2 aliphatic carbocycles. The minimum Gasteiger partial charge on any atom is -0.455 e. The molecule has 0 aromatic carbocycles. The number of nitrogens with one attached hydrogen (secondary N) is 1. The molecule has 2 saturated heterocycles. The lowest BCUT2D eigenvalue weighted by Crippen LogP contribution is -2.48. The largest absolute Gasteiger partial charge is 0.455 e. The Kier molecular flexibility index (Phi) is 5.36. The minimum atomic E-state index is -0.351. The van der Waals surface area contributed by atoms with E-state index >= 15 is 0 Å². The first-order chi connectivity index (χ1) is 16.3. The highest BCUT2D eigenvalue weighted by Crippen LogP contribution is 2.58. The molecule has 4 aliphatic rings. The highest BCUT2D eigenvalue weighted by Gasteiger charge is 2.52. The fourth-order valence-corrected chi connectivity index (χ4v) is 5.50. The number of hydrogen-bond acceptors (Lipinski definition) is 7. The van der Waals surface area contributed by atoms with Crippen LogP contribution in [0.5, 0.6) is 0 Å². The van der Waals surface area contributed by atoms with Crippen LogP contribution in [0.2, 0.25) is 0 Å². The van der Waals surface area contributed by atoms with E-state index in [4.69, 9.17) is 28.5 Å². The van der Waals surface area contributed by atoms with Gasteiger partial charge in [0, 0.05) is 41.3 Å². The van der Waals surface area contributed by atoms with Gasteiger partial charge >= 0.3 is 0 Å². The van der Waals surface area contributed by atoms with Crippen LogP contribution >= 0.6 is 0 Å². The van der Waals surface area contributed by atoms with Crippen LogP contribution in [-0.2, 0) is 37.3 Å². The maximum atomic E-state index is 13.1. The van der Waals surface area contributed by atoms with Gasteiger partial charge in [-0.05, 0) is 33.6 Å². The molecule has 2 aliphatic heterocycles. The van der Waals surface area contributed by atoms with Crippen molar-refractivity contribution in [2.45, 2.75) is 69.8 Å². The Morgan fingerprint density at radius 1 is 1.21 bits per heavy atom. The first-order valence-corrected chi connectivity index (χ1v) is 12.3. The highest BCUT2D eigenvalue weighted by atomic mass is 16.6. The van der Waals surface area contributed by atoms with E-state index in [0.717, 1.165) is 41.8 Å². The monoisotopic (exact) mass is 471 g/mol. The van der Waals surface area contributed by atoms with E-state index in [0.29, 0.717) is 51.9 Å². The van der Waals surface area contributed by atoms with Crippen LogP contribution in [0, 0.1) is 6.92 Å². The number of nitrogens with zero attached hydrogens (tertiary/aromatic N) is 2. The Morgan fingerprint density at radius 2 is 2.03 bits per heavy atom. The van der Waals surface area contributed by atoms with Gasteiger partial charge in [-0.3, -0.25) is 9.48 Å². The number of amides is 1. The molecule has 4 heterocycles. The van der Waals surface area contributed by atoms with E-state index in [1.807, 2.05) is 25.5 Å². The molecule has 9 heteroatoms. The Balaban J connectivity index is 1.23. The van der Waals surface area contributed by atoms with Gasteiger partial charge in [0.15, 0.2) is 5.76 Å². The van der Waals surface area contributed by atoms with Crippen LogP contribution in [0.25, 0.3) is 11.3 Å². The number of rotatable bonds is 5. The van der Waals surface area contributed by atoms with E-state index in [1.165, 1.54) is 5.56 Å². The van der Waals surface area contributed by atoms with Crippen LogP contribution in [-0.4, -0.2) is 73.1 Å². The fraction of sp³-hybridized carbons (Fsp3) is 0.680. The SMILES string of the molecule is Cc1c(C(=O)NCC2COCC(C)(C)O2)oc2c1-c1nn(C[C@H]3COCCO3)cc1C1(CC1)C2. The molecule has 0 radical (unpaired) electrons. The lowest BCUT2D eigenvalue weighted by atomic mass is 9.82. The summed E-state index contributed by atoms with van der Waals surface area (Å²) in [5.41, 5.74) is 3.75. The Bertz CT molecular complexity index is 1090. The molecule has 0 bridgehead atoms. The summed E-state index contributed by atoms with van der Waals surface area (Å²) in [4.78, 5) is 13.1. The molecular weight excluding hydrogens is 438 g/mol. The third-order valence-corrected chi connectivity index (χ3v) is 7.35. The highest BCUT2D eigenvalue weighted by molar-refractivity contribution is 5.95. The summed E-state index contributed by atoms with van der Waals surface area (Å²) in [6.45, 7) is 9.84. The van der Waals surface area contributed by atoms with Crippen LogP contribution < -0.4 is 5.32 Å². The predicted octanol–water partition coefficient (Wildman–Crippen LogP) is 2.38. The first kappa shape index (κ1) is 22.3. The molecule has 184 valence electrons. The first-order valence-electron chi connectivity index (χ1n) is 12.3. The zero-order valence-electron chi connectivity index (χ0n) is 20.1. The molecule has 2 atom stereocenters. The zero-order valence-corrected chi connectivity index (χ0v) is 20.1. The lowest BCUT2D eigenvalue weighted by Gasteiger charge is -2.35. The van der Waals surface area contributed by atoms with Crippen molar-refractivity contribution in [1.82, 2.24) is 15.1 Å². The molecular formula is C25H33N3O6. The van der Waals surface area contributed by atoms with Gasteiger partial charge in [0.25, 0.3) is 5.91 Å². The third kappa shape index (κ3) is 3.98. The van der Waals surface area contributed by atoms with E-state index in [2.05, 4.69) is 11.5 Å². The number of hydrogen-bond donors (Lipinski definition) is 1. The second-order valence-corrected chi connectivity index (χ2v) is 10.7. The summed E-state index contributed by atoms with van der Waals surface area (Å²) in [6, 6.07) is 0. The fourth-order valence-electron chi connectivity index (χ4n) is 5.50. The van der Waals surface area contributed by atoms with Crippen molar-refractivity contribution in [1.29, 1.82) is 0 Å². The van der Waals surface area contributed by atoms with Crippen molar-refractivity contribution in [3.05, 3.63) is 28.8 Å². The summed E-state index contributed by atoms with van der Waals surface area (Å²) >= 11 is 0. The van der Waals surface area contributed by atoms with Gasteiger partial charge in [-0.1, -0.05) is 0 Å². The normalized spacial score (nSPS) is 26.7. The molecule has 2 aromatic heterocycles. The Morgan fingerprint density at radius 3 is 2.76 bits per heavy atom. The number of furan rings is 1. The molecule has 34 heavy (non-hydrogen) atoms. The van der Waals surface area contributed by atoms with Crippen molar-refractivity contribution in [3.63, 3.8) is 0 Å².